The highest BCUT2D eigenvalue weighted by molar-refractivity contribution is 5.81. The Morgan fingerprint density at radius 2 is 1.91 bits per heavy atom. The molecule has 10 heteroatoms. The zero-order chi connectivity index (χ0) is 23.4. The molecule has 0 aliphatic carbocycles. The molecule has 0 saturated heterocycles. The highest BCUT2D eigenvalue weighted by Gasteiger charge is 2.23. The number of nitrogens with zero attached hydrogens (tertiary/aromatic N) is 7. The molecule has 0 aliphatic rings. The molecule has 3 heterocycles. The van der Waals surface area contributed by atoms with Crippen LogP contribution in [0.1, 0.15) is 32.4 Å². The molecule has 0 spiro atoms. The summed E-state index contributed by atoms with van der Waals surface area (Å²) in [7, 11) is 3.34. The van der Waals surface area contributed by atoms with E-state index < -0.39 is 0 Å². The Morgan fingerprint density at radius 1 is 1.09 bits per heavy atom. The van der Waals surface area contributed by atoms with Crippen molar-refractivity contribution in [3.8, 4) is 23.1 Å². The van der Waals surface area contributed by atoms with Crippen molar-refractivity contribution >= 4 is 11.0 Å². The number of ether oxygens (including phenoxy) is 2. The third-order valence-electron chi connectivity index (χ3n) is 5.34. The van der Waals surface area contributed by atoms with E-state index >= 15 is 0 Å². The summed E-state index contributed by atoms with van der Waals surface area (Å²) < 4.78 is 15.9. The maximum absolute atomic E-state index is 13.6. The molecule has 0 radical (unpaired) electrons. The molecule has 0 aliphatic heterocycles. The number of fused-ring (bicyclic) bond motifs is 1. The second kappa shape index (κ2) is 9.95. The molecule has 4 rings (SSSR count). The number of hydrogen-bond acceptors (Lipinski definition) is 7. The van der Waals surface area contributed by atoms with Crippen LogP contribution < -0.4 is 10.3 Å². The quantitative estimate of drug-likeness (QED) is 0.365. The van der Waals surface area contributed by atoms with Gasteiger partial charge in [-0.25, -0.2) is 9.67 Å². The first-order valence-corrected chi connectivity index (χ1v) is 11.2. The van der Waals surface area contributed by atoms with Crippen LogP contribution >= 0.6 is 0 Å². The van der Waals surface area contributed by atoms with Crippen molar-refractivity contribution in [1.82, 2.24) is 34.1 Å². The van der Waals surface area contributed by atoms with E-state index in [1.807, 2.05) is 24.3 Å². The third-order valence-corrected chi connectivity index (χ3v) is 5.34. The molecule has 174 valence electrons. The first-order valence-electron chi connectivity index (χ1n) is 11.2. The molecule has 10 nitrogen and oxygen atoms in total. The Balaban J connectivity index is 1.94. The van der Waals surface area contributed by atoms with Crippen LogP contribution in [0.2, 0.25) is 0 Å². The summed E-state index contributed by atoms with van der Waals surface area (Å²) in [5, 5.41) is 9.01. The van der Waals surface area contributed by atoms with Gasteiger partial charge in [0.2, 0.25) is 5.95 Å². The molecule has 0 unspecified atom stereocenters. The lowest BCUT2D eigenvalue weighted by Gasteiger charge is -2.13. The summed E-state index contributed by atoms with van der Waals surface area (Å²) in [4.78, 5) is 22.9. The third kappa shape index (κ3) is 4.25. The highest BCUT2D eigenvalue weighted by Crippen LogP contribution is 2.29. The van der Waals surface area contributed by atoms with Crippen LogP contribution in [0.15, 0.2) is 35.4 Å². The van der Waals surface area contributed by atoms with Gasteiger partial charge < -0.3 is 9.47 Å². The van der Waals surface area contributed by atoms with Crippen LogP contribution in [0.5, 0.6) is 5.75 Å². The molecule has 3 aromatic heterocycles. The topological polar surface area (TPSA) is 102 Å². The molecule has 0 amide bonds. The number of para-hydroxylation sites is 1. The Morgan fingerprint density at radius 3 is 2.67 bits per heavy atom. The average Bonchev–Trinajstić information content (AvgIpc) is 3.43. The van der Waals surface area contributed by atoms with Gasteiger partial charge in [0.05, 0.1) is 31.0 Å². The van der Waals surface area contributed by atoms with Crippen molar-refractivity contribution in [2.75, 3.05) is 20.3 Å². The first kappa shape index (κ1) is 22.7. The van der Waals surface area contributed by atoms with Crippen molar-refractivity contribution in [2.24, 2.45) is 7.05 Å². The zero-order valence-electron chi connectivity index (χ0n) is 19.5. The van der Waals surface area contributed by atoms with Gasteiger partial charge in [-0.2, -0.15) is 19.9 Å². The van der Waals surface area contributed by atoms with Crippen molar-refractivity contribution in [1.29, 1.82) is 0 Å². The van der Waals surface area contributed by atoms with Crippen LogP contribution in [-0.4, -0.2) is 54.4 Å². The second-order valence-corrected chi connectivity index (χ2v) is 7.73. The summed E-state index contributed by atoms with van der Waals surface area (Å²) in [6, 6.07) is 7.65. The standard InChI is InChI=1S/C23H29N7O3/c1-5-9-17-19-20(30(27-17)23-24-15-25-29(23)12-14-32-4)22(31)28(3)21(26-19)16-10-7-8-11-18(16)33-13-6-2/h7-8,10-11,15H,5-6,9,12-14H2,1-4H3. The molecule has 33 heavy (non-hydrogen) atoms. The Kier molecular flexibility index (Phi) is 6.83. The highest BCUT2D eigenvalue weighted by atomic mass is 16.5. The van der Waals surface area contributed by atoms with E-state index in [2.05, 4.69) is 23.9 Å². The SMILES string of the molecule is CCCOc1ccccc1-c1nc2c(CCC)nn(-c3ncnn3CCOC)c2c(=O)n1C. The van der Waals surface area contributed by atoms with Gasteiger partial charge in [-0.15, -0.1) is 0 Å². The number of hydrogen-bond donors (Lipinski definition) is 0. The fourth-order valence-corrected chi connectivity index (χ4v) is 3.74. The number of aryl methyl sites for hydroxylation is 1. The van der Waals surface area contributed by atoms with Crippen LogP contribution in [0.3, 0.4) is 0 Å². The molecular formula is C23H29N7O3. The predicted molar refractivity (Wildman–Crippen MR) is 125 cm³/mol. The maximum Gasteiger partial charge on any atom is 0.280 e. The Hall–Kier alpha value is -3.53. The van der Waals surface area contributed by atoms with E-state index in [4.69, 9.17) is 19.6 Å². The van der Waals surface area contributed by atoms with Gasteiger partial charge in [-0.1, -0.05) is 32.4 Å². The number of rotatable bonds is 10. The lowest BCUT2D eigenvalue weighted by molar-refractivity contribution is 0.183. The molecule has 0 bridgehead atoms. The minimum atomic E-state index is -0.212. The van der Waals surface area contributed by atoms with Gasteiger partial charge in [0, 0.05) is 14.2 Å². The average molecular weight is 452 g/mol. The van der Waals surface area contributed by atoms with Crippen molar-refractivity contribution in [3.05, 3.63) is 46.6 Å². The molecule has 0 atom stereocenters. The summed E-state index contributed by atoms with van der Waals surface area (Å²) >= 11 is 0. The summed E-state index contributed by atoms with van der Waals surface area (Å²) in [5.74, 6) is 1.69. The van der Waals surface area contributed by atoms with Crippen LogP contribution in [0.4, 0.5) is 0 Å². The fourth-order valence-electron chi connectivity index (χ4n) is 3.74. The minimum absolute atomic E-state index is 0.212. The molecule has 0 N–H and O–H groups in total. The number of aromatic nitrogens is 7. The monoisotopic (exact) mass is 451 g/mol. The van der Waals surface area contributed by atoms with E-state index in [9.17, 15) is 4.79 Å². The zero-order valence-corrected chi connectivity index (χ0v) is 19.5. The van der Waals surface area contributed by atoms with E-state index in [0.717, 1.165) is 24.1 Å². The molecular weight excluding hydrogens is 422 g/mol. The van der Waals surface area contributed by atoms with Gasteiger partial charge >= 0.3 is 0 Å². The summed E-state index contributed by atoms with van der Waals surface area (Å²) in [6.07, 6.45) is 3.89. The van der Waals surface area contributed by atoms with Crippen molar-refractivity contribution in [3.63, 3.8) is 0 Å². The van der Waals surface area contributed by atoms with E-state index in [-0.39, 0.29) is 5.56 Å². The van der Waals surface area contributed by atoms with Gasteiger partial charge in [0.15, 0.2) is 5.52 Å². The molecule has 1 aromatic carbocycles. The lowest BCUT2D eigenvalue weighted by Crippen LogP contribution is -2.23. The molecule has 0 fully saturated rings. The fraction of sp³-hybridized carbons (Fsp3) is 0.435. The van der Waals surface area contributed by atoms with Crippen molar-refractivity contribution in [2.45, 2.75) is 39.7 Å². The summed E-state index contributed by atoms with van der Waals surface area (Å²) in [6.45, 7) is 5.67. The van der Waals surface area contributed by atoms with Gasteiger partial charge in [0.25, 0.3) is 5.56 Å². The predicted octanol–water partition coefficient (Wildman–Crippen LogP) is 2.77. The molecule has 4 aromatic rings. The smallest absolute Gasteiger partial charge is 0.280 e. The molecule has 0 saturated carbocycles. The van der Waals surface area contributed by atoms with E-state index in [0.29, 0.717) is 54.7 Å². The van der Waals surface area contributed by atoms with Gasteiger partial charge in [-0.3, -0.25) is 9.36 Å². The second-order valence-electron chi connectivity index (χ2n) is 7.73. The van der Waals surface area contributed by atoms with Crippen molar-refractivity contribution < 1.29 is 9.47 Å². The normalized spacial score (nSPS) is 11.4. The summed E-state index contributed by atoms with van der Waals surface area (Å²) in [5.41, 5.74) is 2.26. The maximum atomic E-state index is 13.6. The van der Waals surface area contributed by atoms with Gasteiger partial charge in [0.1, 0.15) is 23.4 Å². The van der Waals surface area contributed by atoms with Gasteiger partial charge in [-0.05, 0) is 25.0 Å². The van der Waals surface area contributed by atoms with Crippen LogP contribution in [0, 0.1) is 0 Å². The van der Waals surface area contributed by atoms with Crippen LogP contribution in [-0.2, 0) is 24.8 Å². The van der Waals surface area contributed by atoms with E-state index in [1.54, 1.807) is 28.1 Å². The van der Waals surface area contributed by atoms with E-state index in [1.165, 1.54) is 6.33 Å². The minimum Gasteiger partial charge on any atom is -0.493 e. The lowest BCUT2D eigenvalue weighted by atomic mass is 10.1. The first-order chi connectivity index (χ1) is 16.1. The van der Waals surface area contributed by atoms with Crippen LogP contribution in [0.25, 0.3) is 28.4 Å². The largest absolute Gasteiger partial charge is 0.493 e. The number of benzene rings is 1. The Bertz CT molecular complexity index is 1310. The number of methoxy groups -OCH3 is 1. The Labute approximate surface area is 191 Å².